The summed E-state index contributed by atoms with van der Waals surface area (Å²) in [6, 6.07) is 4.44. The molecule has 0 amide bonds. The summed E-state index contributed by atoms with van der Waals surface area (Å²) in [4.78, 5) is 21.9. The Hall–Kier alpha value is -2.25. The molecule has 7 heteroatoms. The molecule has 0 saturated carbocycles. The van der Waals surface area contributed by atoms with Gasteiger partial charge in [0.1, 0.15) is 6.61 Å². The predicted octanol–water partition coefficient (Wildman–Crippen LogP) is 2.26. The van der Waals surface area contributed by atoms with E-state index in [0.29, 0.717) is 29.9 Å². The van der Waals surface area contributed by atoms with E-state index in [1.165, 1.54) is 12.1 Å². The lowest BCUT2D eigenvalue weighted by Crippen LogP contribution is -2.07. The second kappa shape index (κ2) is 6.47. The summed E-state index contributed by atoms with van der Waals surface area (Å²) in [5, 5.41) is 11.0. The average molecular weight is 293 g/mol. The summed E-state index contributed by atoms with van der Waals surface area (Å²) in [6.45, 7) is 5.80. The van der Waals surface area contributed by atoms with Crippen LogP contribution in [0.15, 0.2) is 30.4 Å². The minimum Gasteiger partial charge on any atom is -0.457 e. The Morgan fingerprint density at radius 3 is 2.71 bits per heavy atom. The molecule has 0 atom stereocenters. The van der Waals surface area contributed by atoms with Gasteiger partial charge in [-0.25, -0.2) is 4.79 Å². The van der Waals surface area contributed by atoms with Crippen molar-refractivity contribution in [2.75, 3.05) is 13.2 Å². The molecule has 7 nitrogen and oxygen atoms in total. The summed E-state index contributed by atoms with van der Waals surface area (Å²) < 4.78 is 15.6. The largest absolute Gasteiger partial charge is 0.457 e. The number of hydrogen-bond acceptors (Lipinski definition) is 6. The molecular formula is C14H15NO6. The number of hydrogen-bond donors (Lipinski definition) is 0. The first kappa shape index (κ1) is 15.1. The topological polar surface area (TPSA) is 87.9 Å². The Bertz CT molecular complexity index is 577. The van der Waals surface area contributed by atoms with Gasteiger partial charge in [0.15, 0.2) is 6.29 Å². The average Bonchev–Trinajstić information content (AvgIpc) is 2.98. The van der Waals surface area contributed by atoms with Crippen LogP contribution in [0.5, 0.6) is 0 Å². The van der Waals surface area contributed by atoms with Crippen molar-refractivity contribution in [3.05, 3.63) is 51.6 Å². The van der Waals surface area contributed by atoms with Crippen LogP contribution in [0.2, 0.25) is 0 Å². The minimum absolute atomic E-state index is 0.00338. The monoisotopic (exact) mass is 293 g/mol. The SMILES string of the molecule is C=C(C)C(=O)OCc1ccc([N+](=O)[O-])c(C2OCCO2)c1. The van der Waals surface area contributed by atoms with Crippen LogP contribution in [0.1, 0.15) is 24.3 Å². The number of nitrogens with zero attached hydrogens (tertiary/aromatic N) is 1. The van der Waals surface area contributed by atoms with Gasteiger partial charge >= 0.3 is 5.97 Å². The molecule has 1 aliphatic rings. The number of benzene rings is 1. The third kappa shape index (κ3) is 3.65. The number of nitro benzene ring substituents is 1. The maximum atomic E-state index is 11.4. The van der Waals surface area contributed by atoms with Crippen LogP contribution >= 0.6 is 0 Å². The van der Waals surface area contributed by atoms with Gasteiger partial charge in [-0.1, -0.05) is 6.58 Å². The first-order valence-corrected chi connectivity index (χ1v) is 6.32. The normalized spacial score (nSPS) is 14.9. The van der Waals surface area contributed by atoms with Crippen molar-refractivity contribution in [2.45, 2.75) is 19.8 Å². The molecule has 1 aromatic carbocycles. The van der Waals surface area contributed by atoms with Crippen molar-refractivity contribution in [1.82, 2.24) is 0 Å². The molecule has 1 saturated heterocycles. The lowest BCUT2D eigenvalue weighted by atomic mass is 10.1. The van der Waals surface area contributed by atoms with Crippen molar-refractivity contribution >= 4 is 11.7 Å². The second-order valence-electron chi connectivity index (χ2n) is 4.58. The maximum Gasteiger partial charge on any atom is 0.333 e. The van der Waals surface area contributed by atoms with Gasteiger partial charge in [0.25, 0.3) is 5.69 Å². The van der Waals surface area contributed by atoms with Gasteiger partial charge in [-0.15, -0.1) is 0 Å². The van der Waals surface area contributed by atoms with Crippen molar-refractivity contribution in [3.63, 3.8) is 0 Å². The Labute approximate surface area is 121 Å². The Kier molecular flexibility index (Phi) is 4.66. The Morgan fingerprint density at radius 1 is 1.48 bits per heavy atom. The molecule has 21 heavy (non-hydrogen) atoms. The molecule has 0 aliphatic carbocycles. The zero-order valence-corrected chi connectivity index (χ0v) is 11.5. The number of rotatable bonds is 5. The van der Waals surface area contributed by atoms with Gasteiger partial charge in [-0.3, -0.25) is 10.1 Å². The number of ether oxygens (including phenoxy) is 3. The first-order valence-electron chi connectivity index (χ1n) is 6.32. The molecule has 0 aromatic heterocycles. The fraction of sp³-hybridized carbons (Fsp3) is 0.357. The molecule has 0 N–H and O–H groups in total. The molecule has 1 fully saturated rings. The van der Waals surface area contributed by atoms with E-state index in [1.807, 2.05) is 0 Å². The number of carbonyl (C=O) groups is 1. The van der Waals surface area contributed by atoms with E-state index in [9.17, 15) is 14.9 Å². The molecule has 1 aromatic rings. The van der Waals surface area contributed by atoms with Crippen molar-refractivity contribution in [2.24, 2.45) is 0 Å². The summed E-state index contributed by atoms with van der Waals surface area (Å²) in [5.74, 6) is -0.511. The summed E-state index contributed by atoms with van der Waals surface area (Å²) >= 11 is 0. The predicted molar refractivity (Wildman–Crippen MR) is 72.4 cm³/mol. The zero-order chi connectivity index (χ0) is 15.4. The van der Waals surface area contributed by atoms with E-state index >= 15 is 0 Å². The fourth-order valence-electron chi connectivity index (χ4n) is 1.86. The first-order chi connectivity index (χ1) is 9.99. The highest BCUT2D eigenvalue weighted by atomic mass is 16.7. The van der Waals surface area contributed by atoms with Crippen LogP contribution in [-0.2, 0) is 25.6 Å². The van der Waals surface area contributed by atoms with Crippen LogP contribution < -0.4 is 0 Å². The van der Waals surface area contributed by atoms with Gasteiger partial charge in [0, 0.05) is 11.6 Å². The summed E-state index contributed by atoms with van der Waals surface area (Å²) in [7, 11) is 0. The summed E-state index contributed by atoms with van der Waals surface area (Å²) in [5.41, 5.74) is 1.14. The highest BCUT2D eigenvalue weighted by molar-refractivity contribution is 5.86. The third-order valence-corrected chi connectivity index (χ3v) is 2.88. The van der Waals surface area contributed by atoms with Crippen molar-refractivity contribution < 1.29 is 23.9 Å². The van der Waals surface area contributed by atoms with Gasteiger partial charge in [-0.2, -0.15) is 0 Å². The van der Waals surface area contributed by atoms with Crippen LogP contribution in [0.25, 0.3) is 0 Å². The van der Waals surface area contributed by atoms with E-state index < -0.39 is 17.2 Å². The van der Waals surface area contributed by atoms with E-state index in [0.717, 1.165) is 0 Å². The Morgan fingerprint density at radius 2 is 2.14 bits per heavy atom. The number of carbonyl (C=O) groups excluding carboxylic acids is 1. The van der Waals surface area contributed by atoms with Gasteiger partial charge in [0.05, 0.1) is 23.7 Å². The fourth-order valence-corrected chi connectivity index (χ4v) is 1.86. The third-order valence-electron chi connectivity index (χ3n) is 2.88. The quantitative estimate of drug-likeness (QED) is 0.358. The summed E-state index contributed by atoms with van der Waals surface area (Å²) in [6.07, 6.45) is -0.762. The van der Waals surface area contributed by atoms with Crippen LogP contribution in [-0.4, -0.2) is 24.1 Å². The van der Waals surface area contributed by atoms with E-state index in [2.05, 4.69) is 6.58 Å². The van der Waals surface area contributed by atoms with Crippen LogP contribution in [0, 0.1) is 10.1 Å². The molecule has 0 bridgehead atoms. The standard InChI is InChI=1S/C14H15NO6/c1-9(2)13(16)21-8-10-3-4-12(15(17)18)11(7-10)14-19-5-6-20-14/h3-4,7,14H,1,5-6,8H2,2H3. The van der Waals surface area contributed by atoms with Crippen molar-refractivity contribution in [3.8, 4) is 0 Å². The molecule has 1 heterocycles. The van der Waals surface area contributed by atoms with Crippen molar-refractivity contribution in [1.29, 1.82) is 0 Å². The highest BCUT2D eigenvalue weighted by Gasteiger charge is 2.27. The van der Waals surface area contributed by atoms with Gasteiger partial charge < -0.3 is 14.2 Å². The highest BCUT2D eigenvalue weighted by Crippen LogP contribution is 2.32. The van der Waals surface area contributed by atoms with E-state index in [-0.39, 0.29) is 12.3 Å². The van der Waals surface area contributed by atoms with E-state index in [1.54, 1.807) is 13.0 Å². The minimum atomic E-state index is -0.762. The van der Waals surface area contributed by atoms with Crippen LogP contribution in [0.4, 0.5) is 5.69 Å². The molecule has 1 aliphatic heterocycles. The maximum absolute atomic E-state index is 11.4. The lowest BCUT2D eigenvalue weighted by Gasteiger charge is -2.12. The molecule has 112 valence electrons. The zero-order valence-electron chi connectivity index (χ0n) is 11.5. The molecule has 2 rings (SSSR count). The van der Waals surface area contributed by atoms with Gasteiger partial charge in [-0.05, 0) is 24.6 Å². The number of esters is 1. The molecule has 0 spiro atoms. The number of nitro groups is 1. The molecule has 0 unspecified atom stereocenters. The van der Waals surface area contributed by atoms with Crippen LogP contribution in [0.3, 0.4) is 0 Å². The lowest BCUT2D eigenvalue weighted by molar-refractivity contribution is -0.386. The second-order valence-corrected chi connectivity index (χ2v) is 4.58. The molecular weight excluding hydrogens is 278 g/mol. The van der Waals surface area contributed by atoms with E-state index in [4.69, 9.17) is 14.2 Å². The molecule has 0 radical (unpaired) electrons. The Balaban J connectivity index is 2.20. The smallest absolute Gasteiger partial charge is 0.333 e. The van der Waals surface area contributed by atoms with Gasteiger partial charge in [0.2, 0.25) is 0 Å².